The van der Waals surface area contributed by atoms with Crippen molar-refractivity contribution in [1.29, 1.82) is 0 Å². The molecule has 2 aliphatic carbocycles. The van der Waals surface area contributed by atoms with Crippen molar-refractivity contribution in [3.63, 3.8) is 0 Å². The zero-order chi connectivity index (χ0) is 35.5. The summed E-state index contributed by atoms with van der Waals surface area (Å²) in [7, 11) is 2.61. The average Bonchev–Trinajstić information content (AvgIpc) is 3.73. The van der Waals surface area contributed by atoms with E-state index in [0.717, 1.165) is 55.3 Å². The lowest BCUT2D eigenvalue weighted by molar-refractivity contribution is -0.143. The molecule has 0 unspecified atom stereocenters. The van der Waals surface area contributed by atoms with Crippen LogP contribution in [0, 0.1) is 0 Å². The van der Waals surface area contributed by atoms with Gasteiger partial charge in [-0.1, -0.05) is 30.3 Å². The number of urea groups is 1. The number of fused-ring (bicyclic) bond motifs is 2. The van der Waals surface area contributed by atoms with E-state index in [1.165, 1.54) is 50.3 Å². The minimum Gasteiger partial charge on any atom is -0.468 e. The van der Waals surface area contributed by atoms with E-state index < -0.39 is 30.1 Å². The van der Waals surface area contributed by atoms with Crippen molar-refractivity contribution in [2.75, 3.05) is 30.2 Å². The summed E-state index contributed by atoms with van der Waals surface area (Å²) in [5.74, 6) is -1.28. The Labute approximate surface area is 298 Å². The maximum Gasteiger partial charge on any atom is 0.328 e. The summed E-state index contributed by atoms with van der Waals surface area (Å²) in [5, 5.41) is 11.2. The van der Waals surface area contributed by atoms with Gasteiger partial charge in [-0.05, 0) is 103 Å². The fraction of sp³-hybridized carbons (Fsp3) is 0.378. The molecule has 12 nitrogen and oxygen atoms in total. The van der Waals surface area contributed by atoms with Crippen LogP contribution in [0.15, 0.2) is 54.6 Å². The van der Waals surface area contributed by atoms with E-state index in [4.69, 9.17) is 10.5 Å². The Morgan fingerprint density at radius 3 is 1.68 bits per heavy atom. The molecule has 0 radical (unpaired) electrons. The molecule has 4 amide bonds. The van der Waals surface area contributed by atoms with Gasteiger partial charge in [-0.3, -0.25) is 14.4 Å². The number of rotatable bonds is 10. The van der Waals surface area contributed by atoms with Gasteiger partial charge in [-0.2, -0.15) is 0 Å². The largest absolute Gasteiger partial charge is 0.468 e. The Hall–Kier alpha value is -4.94. The van der Waals surface area contributed by atoms with Crippen LogP contribution in [-0.2, 0) is 67.2 Å². The monoisotopic (exact) mass is 707 g/mol. The predicted molar refractivity (Wildman–Crippen MR) is 195 cm³/mol. The number of methoxy groups -OCH3 is 2. The van der Waals surface area contributed by atoms with Gasteiger partial charge in [0.25, 0.3) is 0 Å². The number of nitrogens with one attached hydrogen (secondary N) is 4. The molecular weight excluding hydrogens is 662 g/mol. The third-order valence-electron chi connectivity index (χ3n) is 8.40. The Bertz CT molecular complexity index is 1680. The van der Waals surface area contributed by atoms with Crippen molar-refractivity contribution in [2.45, 2.75) is 77.3 Å². The Morgan fingerprint density at radius 2 is 1.20 bits per heavy atom. The number of carbonyl (C=O) groups is 5. The molecule has 0 fully saturated rings. The van der Waals surface area contributed by atoms with Crippen molar-refractivity contribution < 1.29 is 33.4 Å². The number of aryl methyl sites for hydroxylation is 2. The fourth-order valence-corrected chi connectivity index (χ4v) is 6.29. The van der Waals surface area contributed by atoms with Crippen LogP contribution >= 0.6 is 12.4 Å². The van der Waals surface area contributed by atoms with Gasteiger partial charge in [0.05, 0.1) is 14.2 Å². The number of amides is 4. The van der Waals surface area contributed by atoms with E-state index in [0.29, 0.717) is 17.8 Å². The minimum atomic E-state index is -0.850. The van der Waals surface area contributed by atoms with Crippen LogP contribution in [0.1, 0.15) is 60.1 Å². The second-order valence-corrected chi connectivity index (χ2v) is 12.2. The topological polar surface area (TPSA) is 178 Å². The number of esters is 2. The zero-order valence-corrected chi connectivity index (χ0v) is 29.7. The molecule has 268 valence electrons. The first-order valence-corrected chi connectivity index (χ1v) is 16.4. The second-order valence-electron chi connectivity index (χ2n) is 12.2. The number of carbonyl (C=O) groups excluding carboxylic acids is 5. The number of benzene rings is 3. The molecular formula is C37H46ClN5O7. The first-order chi connectivity index (χ1) is 23.5. The number of nitrogens with two attached hydrogens (primary N) is 1. The standard InChI is InChI=1S/C25H29N3O4.C12H16N2O3.ClH/c1-15(29)26-19-9-3-6-16(12-19)13-22(24(30)32-2)27-25(31)28-23-20-10-4-7-17(20)14-18-8-5-11-21(18)23;1-8(15)14-10-5-3-4-9(6-10)7-11(13)12(16)17-2;/h3,6,9,12,14,22H,4-5,7-8,10-11,13H2,1-2H3,(H,26,29)(H2,27,28,31);3-6,11H,7,13H2,1-2H3,(H,14,15);1H/t22-;11-;/m11./s1. The second kappa shape index (κ2) is 18.7. The molecule has 0 aromatic heterocycles. The highest BCUT2D eigenvalue weighted by Gasteiger charge is 2.27. The molecule has 0 saturated carbocycles. The highest BCUT2D eigenvalue weighted by molar-refractivity contribution is 5.95. The lowest BCUT2D eigenvalue weighted by atomic mass is 9.99. The molecule has 13 heteroatoms. The number of hydrogen-bond acceptors (Lipinski definition) is 8. The Kier molecular flexibility index (Phi) is 14.8. The highest BCUT2D eigenvalue weighted by atomic mass is 35.5. The van der Waals surface area contributed by atoms with Gasteiger partial charge < -0.3 is 36.5 Å². The normalized spacial score (nSPS) is 13.5. The SMILES string of the molecule is COC(=O)[C@@H](Cc1cccc(NC(C)=O)c1)NC(=O)Nc1c2c(cc3c1CCC3)CCC2.COC(=O)[C@H](N)Cc1cccc(NC(C)=O)c1.Cl. The van der Waals surface area contributed by atoms with Gasteiger partial charge in [0.15, 0.2) is 0 Å². The highest BCUT2D eigenvalue weighted by Crippen LogP contribution is 2.38. The van der Waals surface area contributed by atoms with Crippen LogP contribution < -0.4 is 27.0 Å². The molecule has 3 aromatic carbocycles. The van der Waals surface area contributed by atoms with Crippen LogP contribution in [0.25, 0.3) is 0 Å². The molecule has 2 atom stereocenters. The molecule has 5 rings (SSSR count). The summed E-state index contributed by atoms with van der Waals surface area (Å²) in [6.45, 7) is 2.87. The first kappa shape index (κ1) is 39.5. The number of hydrogen-bond donors (Lipinski definition) is 5. The molecule has 2 aliphatic rings. The smallest absolute Gasteiger partial charge is 0.328 e. The maximum absolute atomic E-state index is 13.0. The molecule has 0 saturated heterocycles. The van der Waals surface area contributed by atoms with E-state index in [1.54, 1.807) is 36.4 Å². The van der Waals surface area contributed by atoms with E-state index in [2.05, 4.69) is 32.1 Å². The number of halogens is 1. The van der Waals surface area contributed by atoms with Gasteiger partial charge in [0.1, 0.15) is 12.1 Å². The number of anilines is 3. The van der Waals surface area contributed by atoms with Crippen LogP contribution in [0.3, 0.4) is 0 Å². The third kappa shape index (κ3) is 11.0. The molecule has 0 spiro atoms. The Balaban J connectivity index is 0.000000320. The molecule has 50 heavy (non-hydrogen) atoms. The van der Waals surface area contributed by atoms with Gasteiger partial charge in [0, 0.05) is 37.3 Å². The summed E-state index contributed by atoms with van der Waals surface area (Å²) < 4.78 is 9.47. The van der Waals surface area contributed by atoms with E-state index in [9.17, 15) is 24.0 Å². The summed E-state index contributed by atoms with van der Waals surface area (Å²) in [5.41, 5.74) is 14.7. The van der Waals surface area contributed by atoms with Crippen molar-refractivity contribution >= 4 is 59.3 Å². The summed E-state index contributed by atoms with van der Waals surface area (Å²) in [6.07, 6.45) is 6.86. The lowest BCUT2D eigenvalue weighted by Crippen LogP contribution is -2.45. The summed E-state index contributed by atoms with van der Waals surface area (Å²) in [4.78, 5) is 58.7. The summed E-state index contributed by atoms with van der Waals surface area (Å²) >= 11 is 0. The van der Waals surface area contributed by atoms with Gasteiger partial charge in [-0.25, -0.2) is 9.59 Å². The average molecular weight is 708 g/mol. The van der Waals surface area contributed by atoms with E-state index in [-0.39, 0.29) is 30.6 Å². The fourth-order valence-electron chi connectivity index (χ4n) is 6.29. The predicted octanol–water partition coefficient (Wildman–Crippen LogP) is 4.64. The van der Waals surface area contributed by atoms with Crippen LogP contribution in [-0.4, -0.2) is 56.1 Å². The van der Waals surface area contributed by atoms with E-state index >= 15 is 0 Å². The lowest BCUT2D eigenvalue weighted by Gasteiger charge is -2.20. The third-order valence-corrected chi connectivity index (χ3v) is 8.40. The molecule has 0 bridgehead atoms. The van der Waals surface area contributed by atoms with Crippen molar-refractivity contribution in [3.8, 4) is 0 Å². The molecule has 0 aliphatic heterocycles. The quantitative estimate of drug-likeness (QED) is 0.189. The van der Waals surface area contributed by atoms with Crippen LogP contribution in [0.4, 0.5) is 21.9 Å². The summed E-state index contributed by atoms with van der Waals surface area (Å²) in [6, 6.07) is 14.8. The minimum absolute atomic E-state index is 0. The van der Waals surface area contributed by atoms with Gasteiger partial charge in [0.2, 0.25) is 11.8 Å². The molecule has 3 aromatic rings. The van der Waals surface area contributed by atoms with Gasteiger partial charge in [-0.15, -0.1) is 12.4 Å². The van der Waals surface area contributed by atoms with E-state index in [1.807, 2.05) is 12.1 Å². The number of ether oxygens (including phenoxy) is 2. The maximum atomic E-state index is 13.0. The first-order valence-electron chi connectivity index (χ1n) is 16.4. The molecule has 6 N–H and O–H groups in total. The van der Waals surface area contributed by atoms with Crippen molar-refractivity contribution in [2.24, 2.45) is 5.73 Å². The van der Waals surface area contributed by atoms with Crippen LogP contribution in [0.5, 0.6) is 0 Å². The Morgan fingerprint density at radius 1 is 0.700 bits per heavy atom. The van der Waals surface area contributed by atoms with Gasteiger partial charge >= 0.3 is 18.0 Å². The van der Waals surface area contributed by atoms with Crippen molar-refractivity contribution in [1.82, 2.24) is 5.32 Å². The van der Waals surface area contributed by atoms with Crippen molar-refractivity contribution in [3.05, 3.63) is 88.0 Å². The molecule has 0 heterocycles. The zero-order valence-electron chi connectivity index (χ0n) is 28.9. The van der Waals surface area contributed by atoms with Crippen LogP contribution in [0.2, 0.25) is 0 Å².